The number of fused-ring (bicyclic) bond motifs is 1. The van der Waals surface area contributed by atoms with Crippen LogP contribution in [-0.2, 0) is 6.54 Å². The molecular weight excluding hydrogens is 492 g/mol. The lowest BCUT2D eigenvalue weighted by molar-refractivity contribution is 0.0806. The molecule has 5 aromatic rings. The van der Waals surface area contributed by atoms with Gasteiger partial charge in [-0.2, -0.15) is 0 Å². The van der Waals surface area contributed by atoms with Crippen LogP contribution in [-0.4, -0.2) is 66.8 Å². The zero-order valence-corrected chi connectivity index (χ0v) is 21.2. The molecule has 1 aliphatic rings. The molecule has 0 radical (unpaired) electrons. The molecule has 1 fully saturated rings. The second-order valence-corrected chi connectivity index (χ2v) is 9.46. The number of aromatic nitrogens is 4. The average molecular weight is 521 g/mol. The van der Waals surface area contributed by atoms with Crippen molar-refractivity contribution in [2.24, 2.45) is 0 Å². The summed E-state index contributed by atoms with van der Waals surface area (Å²) in [7, 11) is 0. The first-order valence-corrected chi connectivity index (χ1v) is 12.8. The third-order valence-electron chi connectivity index (χ3n) is 6.88. The van der Waals surface area contributed by atoms with Crippen LogP contribution in [0.1, 0.15) is 5.56 Å². The first kappa shape index (κ1) is 24.5. The molecule has 39 heavy (non-hydrogen) atoms. The van der Waals surface area contributed by atoms with Crippen molar-refractivity contribution in [1.29, 1.82) is 0 Å². The monoisotopic (exact) mass is 520 g/mol. The third-order valence-corrected chi connectivity index (χ3v) is 6.88. The average Bonchev–Trinajstić information content (AvgIpc) is 3.33. The van der Waals surface area contributed by atoms with E-state index in [1.165, 1.54) is 5.56 Å². The molecule has 6 rings (SSSR count). The number of nitrogens with one attached hydrogen (secondary N) is 1. The van der Waals surface area contributed by atoms with E-state index in [2.05, 4.69) is 39.6 Å². The summed E-state index contributed by atoms with van der Waals surface area (Å²) in [6.45, 7) is 3.65. The molecule has 0 unspecified atom stereocenters. The highest BCUT2D eigenvalue weighted by atomic mass is 16.4. The smallest absolute Gasteiger partial charge is 0.419 e. The van der Waals surface area contributed by atoms with Gasteiger partial charge in [-0.05, 0) is 42.0 Å². The molecule has 10 nitrogen and oxygen atoms in total. The van der Waals surface area contributed by atoms with Gasteiger partial charge >= 0.3 is 6.09 Å². The normalized spacial score (nSPS) is 14.5. The lowest BCUT2D eigenvalue weighted by Crippen LogP contribution is -2.52. The number of imidazole rings is 1. The molecule has 0 bridgehead atoms. The summed E-state index contributed by atoms with van der Waals surface area (Å²) in [5.41, 5.74) is 15.0. The van der Waals surface area contributed by atoms with Gasteiger partial charge < -0.3 is 10.8 Å². The number of carboxylic acid groups (broad SMARTS) is 1. The molecular formula is C29H28N8O2. The topological polar surface area (TPSA) is 125 Å². The molecule has 196 valence electrons. The Hall–Kier alpha value is -4.80. The maximum absolute atomic E-state index is 10.9. The Bertz CT molecular complexity index is 1610. The van der Waals surface area contributed by atoms with E-state index in [4.69, 9.17) is 20.8 Å². The number of rotatable bonds is 6. The highest BCUT2D eigenvalue weighted by Crippen LogP contribution is 2.31. The van der Waals surface area contributed by atoms with E-state index in [0.717, 1.165) is 53.3 Å². The first-order chi connectivity index (χ1) is 19.0. The zero-order valence-electron chi connectivity index (χ0n) is 21.2. The second-order valence-electron chi connectivity index (χ2n) is 9.46. The van der Waals surface area contributed by atoms with Crippen LogP contribution in [0.15, 0.2) is 85.1 Å². The fraction of sp³-hybridized carbons (Fsp3) is 0.172. The second kappa shape index (κ2) is 10.5. The van der Waals surface area contributed by atoms with Crippen molar-refractivity contribution in [3.63, 3.8) is 0 Å². The molecule has 1 saturated heterocycles. The largest absolute Gasteiger partial charge is 0.464 e. The molecule has 10 heteroatoms. The lowest BCUT2D eigenvalue weighted by Gasteiger charge is -2.33. The molecule has 3 aromatic heterocycles. The summed E-state index contributed by atoms with van der Waals surface area (Å²) in [5, 5.41) is 10.7. The van der Waals surface area contributed by atoms with Gasteiger partial charge in [0.2, 0.25) is 0 Å². The number of hydrogen-bond donors (Lipinski definition) is 3. The van der Waals surface area contributed by atoms with E-state index in [-0.39, 0.29) is 0 Å². The van der Waals surface area contributed by atoms with Crippen LogP contribution in [0.3, 0.4) is 0 Å². The van der Waals surface area contributed by atoms with E-state index in [1.54, 1.807) is 11.2 Å². The van der Waals surface area contributed by atoms with Crippen molar-refractivity contribution in [3.8, 4) is 28.3 Å². The standard InChI is InChI=1S/C29H28N8O2/c30-26-23(7-4-14-31-26)27-33-25-13-12-24(21-5-2-1-3-6-21)32-28(25)37(27)22-10-8-20(9-11-22)19-35-15-17-36(18-16-35)34-29(38)39/h1-14,34H,15-19H2,(H2,30,31)(H,38,39). The molecule has 2 aromatic carbocycles. The quantitative estimate of drug-likeness (QED) is 0.306. The van der Waals surface area contributed by atoms with Crippen LogP contribution in [0, 0.1) is 0 Å². The third kappa shape index (κ3) is 5.15. The van der Waals surface area contributed by atoms with Gasteiger partial charge in [0.15, 0.2) is 11.5 Å². The van der Waals surface area contributed by atoms with Crippen molar-refractivity contribution in [1.82, 2.24) is 34.9 Å². The van der Waals surface area contributed by atoms with Crippen molar-refractivity contribution in [2.75, 3.05) is 31.9 Å². The Balaban J connectivity index is 1.34. The van der Waals surface area contributed by atoms with E-state index >= 15 is 0 Å². The van der Waals surface area contributed by atoms with E-state index < -0.39 is 6.09 Å². The van der Waals surface area contributed by atoms with Gasteiger partial charge in [0, 0.05) is 50.2 Å². The minimum atomic E-state index is -1.02. The van der Waals surface area contributed by atoms with Crippen LogP contribution in [0.4, 0.5) is 10.6 Å². The van der Waals surface area contributed by atoms with Gasteiger partial charge in [-0.25, -0.2) is 24.8 Å². The minimum absolute atomic E-state index is 0.408. The van der Waals surface area contributed by atoms with Crippen LogP contribution < -0.4 is 11.2 Å². The van der Waals surface area contributed by atoms with E-state index in [1.807, 2.05) is 59.2 Å². The van der Waals surface area contributed by atoms with Gasteiger partial charge in [0.05, 0.1) is 11.3 Å². The molecule has 4 N–H and O–H groups in total. The Labute approximate surface area is 225 Å². The fourth-order valence-electron chi connectivity index (χ4n) is 4.92. The maximum atomic E-state index is 10.9. The number of piperazine rings is 1. The summed E-state index contributed by atoms with van der Waals surface area (Å²) < 4.78 is 2.04. The van der Waals surface area contributed by atoms with Gasteiger partial charge in [0.1, 0.15) is 11.3 Å². The van der Waals surface area contributed by atoms with Crippen LogP contribution >= 0.6 is 0 Å². The van der Waals surface area contributed by atoms with Gasteiger partial charge in [0.25, 0.3) is 0 Å². The Kier molecular flexibility index (Phi) is 6.62. The zero-order chi connectivity index (χ0) is 26.8. The number of carbonyl (C=O) groups is 1. The molecule has 1 amide bonds. The van der Waals surface area contributed by atoms with Crippen LogP contribution in [0.2, 0.25) is 0 Å². The number of nitrogen functional groups attached to an aromatic ring is 1. The number of benzene rings is 2. The maximum Gasteiger partial charge on any atom is 0.419 e. The van der Waals surface area contributed by atoms with Gasteiger partial charge in [-0.1, -0.05) is 42.5 Å². The number of nitrogens with zero attached hydrogens (tertiary/aromatic N) is 6. The number of pyridine rings is 2. The Morgan fingerprint density at radius 3 is 2.38 bits per heavy atom. The molecule has 0 spiro atoms. The highest BCUT2D eigenvalue weighted by molar-refractivity contribution is 5.84. The summed E-state index contributed by atoms with van der Waals surface area (Å²) in [4.78, 5) is 27.4. The highest BCUT2D eigenvalue weighted by Gasteiger charge is 2.20. The minimum Gasteiger partial charge on any atom is -0.464 e. The fourth-order valence-corrected chi connectivity index (χ4v) is 4.92. The van der Waals surface area contributed by atoms with Crippen molar-refractivity contribution in [2.45, 2.75) is 6.54 Å². The predicted molar refractivity (Wildman–Crippen MR) is 150 cm³/mol. The summed E-state index contributed by atoms with van der Waals surface area (Å²) >= 11 is 0. The Morgan fingerprint density at radius 1 is 0.897 bits per heavy atom. The lowest BCUT2D eigenvalue weighted by atomic mass is 10.1. The summed E-state index contributed by atoms with van der Waals surface area (Å²) in [6, 6.07) is 26.2. The summed E-state index contributed by atoms with van der Waals surface area (Å²) in [5.74, 6) is 1.09. The number of nitrogens with two attached hydrogens (primary N) is 1. The molecule has 0 atom stereocenters. The first-order valence-electron chi connectivity index (χ1n) is 12.8. The number of anilines is 1. The van der Waals surface area contributed by atoms with Crippen LogP contribution in [0.25, 0.3) is 39.5 Å². The number of hydrogen-bond acceptors (Lipinski definition) is 7. The number of amides is 1. The SMILES string of the molecule is Nc1ncccc1-c1nc2ccc(-c3ccccc3)nc2n1-c1ccc(CN2CCN(NC(=O)O)CC2)cc1. The number of hydrazine groups is 1. The molecule has 0 saturated carbocycles. The van der Waals surface area contributed by atoms with Crippen molar-refractivity contribution >= 4 is 23.1 Å². The molecule has 0 aliphatic carbocycles. The Morgan fingerprint density at radius 2 is 1.67 bits per heavy atom. The van der Waals surface area contributed by atoms with Crippen molar-refractivity contribution in [3.05, 3.63) is 90.6 Å². The van der Waals surface area contributed by atoms with Gasteiger partial charge in [-0.3, -0.25) is 14.9 Å². The van der Waals surface area contributed by atoms with E-state index in [0.29, 0.717) is 24.7 Å². The predicted octanol–water partition coefficient (Wildman–Crippen LogP) is 4.03. The van der Waals surface area contributed by atoms with Gasteiger partial charge in [-0.15, -0.1) is 0 Å². The molecule has 1 aliphatic heterocycles. The summed E-state index contributed by atoms with van der Waals surface area (Å²) in [6.07, 6.45) is 0.646. The molecule has 4 heterocycles. The van der Waals surface area contributed by atoms with Crippen LogP contribution in [0.5, 0.6) is 0 Å². The van der Waals surface area contributed by atoms with Crippen molar-refractivity contribution < 1.29 is 9.90 Å². The van der Waals surface area contributed by atoms with E-state index in [9.17, 15) is 4.79 Å².